The monoisotopic (exact) mass is 530 g/mol. The van der Waals surface area contributed by atoms with E-state index in [1.165, 1.54) is 0 Å². The molecule has 2 aromatic rings. The summed E-state index contributed by atoms with van der Waals surface area (Å²) in [5.74, 6) is 1.03. The number of amides is 2. The number of rotatable bonds is 4. The number of hydrogen-bond donors (Lipinski definition) is 2. The summed E-state index contributed by atoms with van der Waals surface area (Å²) in [5.41, 5.74) is 0.685. The smallest absolute Gasteiger partial charge is 0.230 e. The maximum absolute atomic E-state index is 13.5. The molecular weight excluding hydrogens is 508 g/mol. The van der Waals surface area contributed by atoms with Crippen LogP contribution in [0.4, 0.5) is 11.4 Å². The lowest BCUT2D eigenvalue weighted by Crippen LogP contribution is -2.59. The molecule has 0 aliphatic heterocycles. The van der Waals surface area contributed by atoms with Crippen molar-refractivity contribution in [3.63, 3.8) is 0 Å². The van der Waals surface area contributed by atoms with Crippen LogP contribution in [-0.2, 0) is 9.59 Å². The Morgan fingerprint density at radius 3 is 1.53 bits per heavy atom. The van der Waals surface area contributed by atoms with Crippen molar-refractivity contribution in [2.75, 3.05) is 10.6 Å². The van der Waals surface area contributed by atoms with Gasteiger partial charge in [-0.1, -0.05) is 24.3 Å². The molecule has 4 saturated carbocycles. The van der Waals surface area contributed by atoms with E-state index in [0.717, 1.165) is 52.4 Å². The van der Waals surface area contributed by atoms with Gasteiger partial charge in [-0.3, -0.25) is 9.59 Å². The van der Waals surface area contributed by atoms with Gasteiger partial charge in [-0.2, -0.15) is 0 Å². The fourth-order valence-electron chi connectivity index (χ4n) is 6.43. The van der Waals surface area contributed by atoms with Gasteiger partial charge in [0.1, 0.15) is 0 Å². The van der Waals surface area contributed by atoms with Crippen molar-refractivity contribution in [2.24, 2.45) is 22.7 Å². The summed E-state index contributed by atoms with van der Waals surface area (Å²) in [6.45, 7) is 0. The predicted molar refractivity (Wildman–Crippen MR) is 125 cm³/mol. The quantitative estimate of drug-likeness (QED) is 0.481. The van der Waals surface area contributed by atoms with Crippen LogP contribution in [-0.4, -0.2) is 11.8 Å². The SMILES string of the molecule is O=C(Nc1ccccc1Br)C12CC3CC(C1)CC(C(=O)Nc1ccccc1Br)(C3)C2. The molecule has 4 nitrogen and oxygen atoms in total. The summed E-state index contributed by atoms with van der Waals surface area (Å²) < 4.78 is 1.76. The van der Waals surface area contributed by atoms with Crippen molar-refractivity contribution in [1.82, 2.24) is 0 Å². The molecule has 156 valence electrons. The largest absolute Gasteiger partial charge is 0.325 e. The van der Waals surface area contributed by atoms with E-state index in [4.69, 9.17) is 0 Å². The maximum atomic E-state index is 13.5. The van der Waals surface area contributed by atoms with E-state index in [1.807, 2.05) is 48.5 Å². The third-order valence-electron chi connectivity index (χ3n) is 7.27. The molecule has 0 spiro atoms. The molecule has 6 heteroatoms. The van der Waals surface area contributed by atoms with Crippen molar-refractivity contribution >= 4 is 55.0 Å². The molecule has 4 fully saturated rings. The number of halogens is 2. The van der Waals surface area contributed by atoms with E-state index in [2.05, 4.69) is 42.5 Å². The molecule has 0 radical (unpaired) electrons. The first-order valence-corrected chi connectivity index (χ1v) is 12.1. The molecule has 6 rings (SSSR count). The highest BCUT2D eigenvalue weighted by Gasteiger charge is 2.63. The van der Waals surface area contributed by atoms with Crippen LogP contribution in [0.5, 0.6) is 0 Å². The topological polar surface area (TPSA) is 58.2 Å². The van der Waals surface area contributed by atoms with Crippen LogP contribution in [0.2, 0.25) is 0 Å². The van der Waals surface area contributed by atoms with E-state index < -0.39 is 10.8 Å². The summed E-state index contributed by atoms with van der Waals surface area (Å²) in [6, 6.07) is 15.4. The van der Waals surface area contributed by atoms with Gasteiger partial charge in [0, 0.05) is 8.95 Å². The highest BCUT2D eigenvalue weighted by atomic mass is 79.9. The molecule has 0 heterocycles. The standard InChI is InChI=1S/C24H24Br2N2O2/c25-17-5-1-3-7-19(17)27-21(29)23-10-15-9-16(11-23)13-24(12-15,14-23)22(30)28-20-8-4-2-6-18(20)26/h1-8,15-16H,9-14H2,(H,27,29)(H,28,30). The van der Waals surface area contributed by atoms with Crippen molar-refractivity contribution in [3.8, 4) is 0 Å². The highest BCUT2D eigenvalue weighted by molar-refractivity contribution is 9.11. The lowest BCUT2D eigenvalue weighted by atomic mass is 9.43. The molecule has 4 bridgehead atoms. The van der Waals surface area contributed by atoms with Crippen molar-refractivity contribution in [2.45, 2.75) is 38.5 Å². The van der Waals surface area contributed by atoms with Crippen LogP contribution in [0.25, 0.3) is 0 Å². The minimum atomic E-state index is -0.454. The van der Waals surface area contributed by atoms with Crippen LogP contribution in [0, 0.1) is 22.7 Å². The minimum absolute atomic E-state index is 0.0709. The molecule has 4 aliphatic carbocycles. The molecule has 4 aliphatic rings. The van der Waals surface area contributed by atoms with Crippen LogP contribution < -0.4 is 10.6 Å². The first-order chi connectivity index (χ1) is 14.4. The summed E-state index contributed by atoms with van der Waals surface area (Å²) in [5, 5.41) is 6.31. The van der Waals surface area contributed by atoms with Crippen LogP contribution in [0.3, 0.4) is 0 Å². The Bertz CT molecular complexity index is 930. The zero-order valence-corrected chi connectivity index (χ0v) is 19.8. The average Bonchev–Trinajstić information content (AvgIpc) is 2.70. The Morgan fingerprint density at radius 1 is 0.733 bits per heavy atom. The van der Waals surface area contributed by atoms with E-state index in [-0.39, 0.29) is 11.8 Å². The summed E-state index contributed by atoms with van der Waals surface area (Å²) in [7, 11) is 0. The molecule has 0 aromatic heterocycles. The van der Waals surface area contributed by atoms with Gasteiger partial charge in [-0.05, 0) is 106 Å². The zero-order valence-electron chi connectivity index (χ0n) is 16.6. The lowest BCUT2D eigenvalue weighted by molar-refractivity contribution is -0.161. The zero-order chi connectivity index (χ0) is 20.9. The van der Waals surface area contributed by atoms with Gasteiger partial charge in [0.15, 0.2) is 0 Å². The Labute approximate surface area is 193 Å². The third kappa shape index (κ3) is 3.42. The number of anilines is 2. The molecule has 30 heavy (non-hydrogen) atoms. The van der Waals surface area contributed by atoms with E-state index >= 15 is 0 Å². The molecule has 0 unspecified atom stereocenters. The first-order valence-electron chi connectivity index (χ1n) is 10.5. The second-order valence-electron chi connectivity index (χ2n) is 9.39. The van der Waals surface area contributed by atoms with Crippen molar-refractivity contribution in [1.29, 1.82) is 0 Å². The van der Waals surface area contributed by atoms with Crippen molar-refractivity contribution in [3.05, 3.63) is 57.5 Å². The van der Waals surface area contributed by atoms with Gasteiger partial charge in [-0.15, -0.1) is 0 Å². The average molecular weight is 532 g/mol. The van der Waals surface area contributed by atoms with Gasteiger partial charge in [0.2, 0.25) is 11.8 Å². The van der Waals surface area contributed by atoms with Gasteiger partial charge >= 0.3 is 0 Å². The molecular formula is C24H24Br2N2O2. The Balaban J connectivity index is 1.42. The van der Waals surface area contributed by atoms with Gasteiger partial charge in [0.25, 0.3) is 0 Å². The predicted octanol–water partition coefficient (Wildman–Crippen LogP) is 6.38. The van der Waals surface area contributed by atoms with E-state index in [0.29, 0.717) is 18.3 Å². The highest BCUT2D eigenvalue weighted by Crippen LogP contribution is 2.65. The normalized spacial score (nSPS) is 31.4. The van der Waals surface area contributed by atoms with Gasteiger partial charge < -0.3 is 10.6 Å². The third-order valence-corrected chi connectivity index (χ3v) is 8.65. The maximum Gasteiger partial charge on any atom is 0.230 e. The molecule has 2 aromatic carbocycles. The first kappa shape index (κ1) is 20.3. The summed E-state index contributed by atoms with van der Waals surface area (Å²) in [6.07, 6.45) is 5.36. The van der Waals surface area contributed by atoms with Crippen LogP contribution in [0.15, 0.2) is 57.5 Å². The van der Waals surface area contributed by atoms with Crippen molar-refractivity contribution < 1.29 is 9.59 Å². The number of carbonyl (C=O) groups is 2. The van der Waals surface area contributed by atoms with E-state index in [1.54, 1.807) is 0 Å². The van der Waals surface area contributed by atoms with Crippen LogP contribution in [0.1, 0.15) is 38.5 Å². The molecule has 2 amide bonds. The number of para-hydroxylation sites is 2. The number of hydrogen-bond acceptors (Lipinski definition) is 2. The number of benzene rings is 2. The fraction of sp³-hybridized carbons (Fsp3) is 0.417. The van der Waals surface area contributed by atoms with E-state index in [9.17, 15) is 9.59 Å². The second-order valence-corrected chi connectivity index (χ2v) is 11.1. The number of nitrogens with one attached hydrogen (secondary N) is 2. The molecule has 0 saturated heterocycles. The Hall–Kier alpha value is -1.66. The summed E-state index contributed by atoms with van der Waals surface area (Å²) >= 11 is 7.06. The van der Waals surface area contributed by atoms with Crippen LogP contribution >= 0.6 is 31.9 Å². The summed E-state index contributed by atoms with van der Waals surface area (Å²) in [4.78, 5) is 27.0. The number of carbonyl (C=O) groups excluding carboxylic acids is 2. The van der Waals surface area contributed by atoms with Gasteiger partial charge in [-0.25, -0.2) is 0 Å². The molecule has 0 atom stereocenters. The Morgan fingerprint density at radius 2 is 1.13 bits per heavy atom. The fourth-order valence-corrected chi connectivity index (χ4v) is 7.20. The van der Waals surface area contributed by atoms with Gasteiger partial charge in [0.05, 0.1) is 22.2 Å². The minimum Gasteiger partial charge on any atom is -0.325 e. The second kappa shape index (κ2) is 7.49. The Kier molecular flexibility index (Phi) is 5.05. The lowest BCUT2D eigenvalue weighted by Gasteiger charge is -2.60. The molecule has 2 N–H and O–H groups in total.